The first-order valence-corrected chi connectivity index (χ1v) is 7.26. The first-order valence-electron chi connectivity index (χ1n) is 6.88. The van der Waals surface area contributed by atoms with Crippen LogP contribution < -0.4 is 11.0 Å². The van der Waals surface area contributed by atoms with Crippen LogP contribution >= 0.6 is 11.6 Å². The van der Waals surface area contributed by atoms with Crippen LogP contribution in [0.4, 0.5) is 0 Å². The van der Waals surface area contributed by atoms with E-state index < -0.39 is 29.7 Å². The van der Waals surface area contributed by atoms with E-state index in [4.69, 9.17) is 16.7 Å². The molecule has 9 heteroatoms. The number of amides is 1. The largest absolute Gasteiger partial charge is 0.479 e. The van der Waals surface area contributed by atoms with Crippen LogP contribution in [0.25, 0.3) is 0 Å². The number of aromatic amines is 1. The van der Waals surface area contributed by atoms with Gasteiger partial charge >= 0.3 is 11.7 Å². The molecule has 4 N–H and O–H groups in total. The Morgan fingerprint density at radius 1 is 1.33 bits per heavy atom. The Hall–Kier alpha value is -2.71. The SMILES string of the molecule is O=C(N[C@H](Cc1ccccc1Cl)[C@@H](O)C(=O)O)c1cnc(=O)[nH]c1. The fourth-order valence-corrected chi connectivity index (χ4v) is 2.25. The fourth-order valence-electron chi connectivity index (χ4n) is 2.03. The van der Waals surface area contributed by atoms with E-state index in [0.29, 0.717) is 10.6 Å². The monoisotopic (exact) mass is 351 g/mol. The van der Waals surface area contributed by atoms with Crippen molar-refractivity contribution in [1.29, 1.82) is 0 Å². The molecular weight excluding hydrogens is 338 g/mol. The second kappa shape index (κ2) is 7.71. The summed E-state index contributed by atoms with van der Waals surface area (Å²) in [5.74, 6) is -2.16. The minimum atomic E-state index is -1.83. The summed E-state index contributed by atoms with van der Waals surface area (Å²) < 4.78 is 0. The lowest BCUT2D eigenvalue weighted by Crippen LogP contribution is -2.48. The van der Waals surface area contributed by atoms with Crippen molar-refractivity contribution in [3.05, 3.63) is 63.3 Å². The van der Waals surface area contributed by atoms with Crippen LogP contribution in [-0.2, 0) is 11.2 Å². The van der Waals surface area contributed by atoms with Crippen LogP contribution in [0, 0.1) is 0 Å². The molecule has 0 unspecified atom stereocenters. The van der Waals surface area contributed by atoms with Crippen LogP contribution in [0.5, 0.6) is 0 Å². The molecule has 0 aliphatic heterocycles. The highest BCUT2D eigenvalue weighted by Crippen LogP contribution is 2.18. The molecule has 2 aromatic rings. The van der Waals surface area contributed by atoms with Crippen LogP contribution in [0.15, 0.2) is 41.5 Å². The van der Waals surface area contributed by atoms with Crippen molar-refractivity contribution >= 4 is 23.5 Å². The number of hydrogen-bond donors (Lipinski definition) is 4. The highest BCUT2D eigenvalue weighted by Gasteiger charge is 2.28. The Morgan fingerprint density at radius 2 is 2.04 bits per heavy atom. The number of H-pyrrole nitrogens is 1. The van der Waals surface area contributed by atoms with Crippen LogP contribution in [0.1, 0.15) is 15.9 Å². The van der Waals surface area contributed by atoms with Gasteiger partial charge in [0.15, 0.2) is 6.10 Å². The molecular formula is C15H14ClN3O5. The van der Waals surface area contributed by atoms with E-state index in [-0.39, 0.29) is 12.0 Å². The predicted octanol–water partition coefficient (Wildman–Crippen LogP) is 0.210. The van der Waals surface area contributed by atoms with Crippen LogP contribution in [0.2, 0.25) is 5.02 Å². The number of halogens is 1. The van der Waals surface area contributed by atoms with E-state index in [0.717, 1.165) is 12.4 Å². The lowest BCUT2D eigenvalue weighted by molar-refractivity contribution is -0.148. The van der Waals surface area contributed by atoms with Gasteiger partial charge in [0.25, 0.3) is 5.91 Å². The molecule has 0 saturated heterocycles. The number of nitrogens with zero attached hydrogens (tertiary/aromatic N) is 1. The molecule has 0 saturated carbocycles. The van der Waals surface area contributed by atoms with Gasteiger partial charge in [0.2, 0.25) is 0 Å². The van der Waals surface area contributed by atoms with Gasteiger partial charge in [-0.3, -0.25) is 4.79 Å². The Labute approximate surface area is 141 Å². The number of rotatable bonds is 6. The summed E-state index contributed by atoms with van der Waals surface area (Å²) in [6, 6.07) is 5.58. The summed E-state index contributed by atoms with van der Waals surface area (Å²) >= 11 is 6.03. The summed E-state index contributed by atoms with van der Waals surface area (Å²) in [5.41, 5.74) is -0.0227. The van der Waals surface area contributed by atoms with Gasteiger partial charge in [-0.05, 0) is 18.1 Å². The zero-order valence-electron chi connectivity index (χ0n) is 12.3. The molecule has 126 valence electrons. The van der Waals surface area contributed by atoms with Gasteiger partial charge in [0, 0.05) is 17.4 Å². The Morgan fingerprint density at radius 3 is 2.62 bits per heavy atom. The Balaban J connectivity index is 2.21. The first-order chi connectivity index (χ1) is 11.4. The van der Waals surface area contributed by atoms with E-state index in [1.807, 2.05) is 0 Å². The van der Waals surface area contributed by atoms with Crippen LogP contribution in [0.3, 0.4) is 0 Å². The molecule has 1 aromatic carbocycles. The highest BCUT2D eigenvalue weighted by atomic mass is 35.5. The van der Waals surface area contributed by atoms with Gasteiger partial charge in [-0.2, -0.15) is 0 Å². The van der Waals surface area contributed by atoms with E-state index >= 15 is 0 Å². The zero-order chi connectivity index (χ0) is 17.7. The van der Waals surface area contributed by atoms with Gasteiger partial charge in [0.05, 0.1) is 11.6 Å². The van der Waals surface area contributed by atoms with Crippen molar-refractivity contribution in [2.75, 3.05) is 0 Å². The highest BCUT2D eigenvalue weighted by molar-refractivity contribution is 6.31. The quantitative estimate of drug-likeness (QED) is 0.588. The molecule has 0 bridgehead atoms. The van der Waals surface area contributed by atoms with Crippen molar-refractivity contribution in [2.45, 2.75) is 18.6 Å². The average molecular weight is 352 g/mol. The van der Waals surface area contributed by atoms with Gasteiger partial charge in [-0.15, -0.1) is 0 Å². The first kappa shape index (κ1) is 17.6. The van der Waals surface area contributed by atoms with Crippen molar-refractivity contribution in [1.82, 2.24) is 15.3 Å². The van der Waals surface area contributed by atoms with Crippen molar-refractivity contribution in [3.63, 3.8) is 0 Å². The molecule has 8 nitrogen and oxygen atoms in total. The van der Waals surface area contributed by atoms with E-state index in [1.54, 1.807) is 24.3 Å². The lowest BCUT2D eigenvalue weighted by Gasteiger charge is -2.22. The van der Waals surface area contributed by atoms with Crippen molar-refractivity contribution in [3.8, 4) is 0 Å². The fraction of sp³-hybridized carbons (Fsp3) is 0.200. The second-order valence-corrected chi connectivity index (χ2v) is 5.37. The summed E-state index contributed by atoms with van der Waals surface area (Å²) in [6.45, 7) is 0. The van der Waals surface area contributed by atoms with Gasteiger partial charge < -0.3 is 20.5 Å². The molecule has 1 amide bonds. The van der Waals surface area contributed by atoms with Crippen molar-refractivity contribution < 1.29 is 19.8 Å². The molecule has 2 atom stereocenters. The molecule has 2 rings (SSSR count). The topological polar surface area (TPSA) is 132 Å². The third-order valence-corrected chi connectivity index (χ3v) is 3.65. The minimum absolute atomic E-state index is 0.00959. The maximum atomic E-state index is 12.2. The number of carboxylic acid groups (broad SMARTS) is 1. The van der Waals surface area contributed by atoms with Crippen LogP contribution in [-0.4, -0.2) is 44.2 Å². The van der Waals surface area contributed by atoms with Gasteiger partial charge in [-0.25, -0.2) is 14.6 Å². The number of aliphatic hydroxyl groups is 1. The third-order valence-electron chi connectivity index (χ3n) is 3.28. The Bertz CT molecular complexity index is 787. The maximum Gasteiger partial charge on any atom is 0.344 e. The number of aliphatic hydroxyl groups excluding tert-OH is 1. The van der Waals surface area contributed by atoms with E-state index in [9.17, 15) is 19.5 Å². The number of benzene rings is 1. The number of nitrogens with one attached hydrogen (secondary N) is 2. The predicted molar refractivity (Wildman–Crippen MR) is 84.9 cm³/mol. The lowest BCUT2D eigenvalue weighted by atomic mass is 10.0. The van der Waals surface area contributed by atoms with Crippen molar-refractivity contribution in [2.24, 2.45) is 0 Å². The number of carboxylic acids is 1. The average Bonchev–Trinajstić information content (AvgIpc) is 2.56. The molecule has 0 radical (unpaired) electrons. The summed E-state index contributed by atoms with van der Waals surface area (Å²) in [4.78, 5) is 39.8. The van der Waals surface area contributed by atoms with Gasteiger partial charge in [-0.1, -0.05) is 29.8 Å². The third kappa shape index (κ3) is 4.40. The number of aliphatic carboxylic acids is 1. The molecule has 0 spiro atoms. The van der Waals surface area contributed by atoms with Gasteiger partial charge in [0.1, 0.15) is 0 Å². The number of hydrogen-bond acceptors (Lipinski definition) is 5. The van der Waals surface area contributed by atoms with E-state index in [1.165, 1.54) is 0 Å². The number of aromatic nitrogens is 2. The molecule has 0 aliphatic rings. The normalized spacial score (nSPS) is 13.1. The minimum Gasteiger partial charge on any atom is -0.479 e. The van der Waals surface area contributed by atoms with E-state index in [2.05, 4.69) is 15.3 Å². The molecule has 1 heterocycles. The molecule has 24 heavy (non-hydrogen) atoms. The number of carbonyl (C=O) groups excluding carboxylic acids is 1. The smallest absolute Gasteiger partial charge is 0.344 e. The standard InChI is InChI=1S/C15H14ClN3O5/c16-10-4-2-1-3-8(10)5-11(12(20)14(22)23)19-13(21)9-6-17-15(24)18-7-9/h1-4,6-7,11-12,20H,5H2,(H,19,21)(H,22,23)(H,17,18,24)/t11-,12-/m1/s1. The number of carbonyl (C=O) groups is 2. The second-order valence-electron chi connectivity index (χ2n) is 4.97. The Kier molecular flexibility index (Phi) is 5.67. The summed E-state index contributed by atoms with van der Waals surface area (Å²) in [7, 11) is 0. The molecule has 0 fully saturated rings. The maximum absolute atomic E-state index is 12.2. The zero-order valence-corrected chi connectivity index (χ0v) is 13.0. The molecule has 1 aromatic heterocycles. The summed E-state index contributed by atoms with van der Waals surface area (Å²) in [6.07, 6.45) is 0.370. The molecule has 0 aliphatic carbocycles. The summed E-state index contributed by atoms with van der Waals surface area (Å²) in [5, 5.41) is 21.7.